The van der Waals surface area contributed by atoms with Gasteiger partial charge in [0.15, 0.2) is 0 Å². The van der Waals surface area contributed by atoms with Crippen LogP contribution in [0.1, 0.15) is 91.4 Å². The van der Waals surface area contributed by atoms with Crippen LogP contribution in [0, 0.1) is 5.92 Å². The van der Waals surface area contributed by atoms with Gasteiger partial charge in [0, 0.05) is 25.2 Å². The molecule has 2 N–H and O–H groups in total. The molecule has 3 nitrogen and oxygen atoms in total. The van der Waals surface area contributed by atoms with Gasteiger partial charge in [-0.25, -0.2) is 0 Å². The van der Waals surface area contributed by atoms with E-state index in [9.17, 15) is 4.79 Å². The molecule has 3 heteroatoms. The number of esters is 1. The number of piperidine rings is 1. The van der Waals surface area contributed by atoms with Gasteiger partial charge in [-0.1, -0.05) is 51.9 Å². The Bertz CT molecular complexity index is 296. The molecule has 0 aromatic carbocycles. The molecule has 0 bridgehead atoms. The summed E-state index contributed by atoms with van der Waals surface area (Å²) in [6.45, 7) is 8.77. The first-order valence-corrected chi connectivity index (χ1v) is 9.59. The standard InChI is InChI=1S/C19H37NO2/c1-4-5-6-7-8-9-10-11-12-18(21)22-19(2,3)17-13-15-20-16-14-17/h17,20H,4-16H2,1-3H3/p+1. The Morgan fingerprint density at radius 2 is 1.55 bits per heavy atom. The molecule has 0 radical (unpaired) electrons. The highest BCUT2D eigenvalue weighted by Crippen LogP contribution is 2.28. The number of carbonyl (C=O) groups excluding carboxylic acids is 1. The van der Waals surface area contributed by atoms with Crippen LogP contribution in [0.3, 0.4) is 0 Å². The zero-order valence-corrected chi connectivity index (χ0v) is 15.2. The number of quaternary nitrogens is 1. The van der Waals surface area contributed by atoms with E-state index in [-0.39, 0.29) is 11.6 Å². The lowest BCUT2D eigenvalue weighted by molar-refractivity contribution is -0.665. The molecule has 1 saturated heterocycles. The van der Waals surface area contributed by atoms with Crippen molar-refractivity contribution in [3.8, 4) is 0 Å². The van der Waals surface area contributed by atoms with Crippen LogP contribution in [0.15, 0.2) is 0 Å². The Balaban J connectivity index is 2.07. The van der Waals surface area contributed by atoms with Crippen LogP contribution in [0.25, 0.3) is 0 Å². The number of carbonyl (C=O) groups is 1. The van der Waals surface area contributed by atoms with Crippen molar-refractivity contribution in [2.45, 2.75) is 97.0 Å². The zero-order valence-electron chi connectivity index (χ0n) is 15.2. The molecule has 0 spiro atoms. The SMILES string of the molecule is CCCCCCCCCCC(=O)OC(C)(C)C1CC[NH2+]CC1. The predicted octanol–water partition coefficient (Wildman–Crippen LogP) is 3.81. The molecule has 130 valence electrons. The molecule has 1 aliphatic rings. The van der Waals surface area contributed by atoms with Gasteiger partial charge >= 0.3 is 5.97 Å². The lowest BCUT2D eigenvalue weighted by Gasteiger charge is -2.35. The van der Waals surface area contributed by atoms with Crippen LogP contribution in [0.4, 0.5) is 0 Å². The molecule has 1 aliphatic heterocycles. The van der Waals surface area contributed by atoms with E-state index in [1.165, 1.54) is 58.0 Å². The quantitative estimate of drug-likeness (QED) is 0.465. The highest BCUT2D eigenvalue weighted by Gasteiger charge is 2.35. The Morgan fingerprint density at radius 1 is 1.00 bits per heavy atom. The summed E-state index contributed by atoms with van der Waals surface area (Å²) < 4.78 is 5.78. The molecule has 0 aromatic rings. The third-order valence-corrected chi connectivity index (χ3v) is 5.03. The average molecular weight is 313 g/mol. The molecule has 1 fully saturated rings. The maximum absolute atomic E-state index is 12.0. The number of ether oxygens (including phenoxy) is 1. The van der Waals surface area contributed by atoms with E-state index in [2.05, 4.69) is 26.1 Å². The summed E-state index contributed by atoms with van der Waals surface area (Å²) in [7, 11) is 0. The van der Waals surface area contributed by atoms with Crippen LogP contribution < -0.4 is 5.32 Å². The number of nitrogens with two attached hydrogens (primary N) is 1. The third-order valence-electron chi connectivity index (χ3n) is 5.03. The predicted molar refractivity (Wildman–Crippen MR) is 91.8 cm³/mol. The van der Waals surface area contributed by atoms with Crippen molar-refractivity contribution in [3.63, 3.8) is 0 Å². The fourth-order valence-electron chi connectivity index (χ4n) is 3.45. The first-order valence-electron chi connectivity index (χ1n) is 9.59. The number of unbranched alkanes of at least 4 members (excludes halogenated alkanes) is 7. The third kappa shape index (κ3) is 8.17. The second-order valence-corrected chi connectivity index (χ2v) is 7.44. The van der Waals surface area contributed by atoms with E-state index in [1.807, 2.05) is 0 Å². The van der Waals surface area contributed by atoms with Gasteiger partial charge in [-0.2, -0.15) is 0 Å². The van der Waals surface area contributed by atoms with Crippen molar-refractivity contribution < 1.29 is 14.8 Å². The first kappa shape index (κ1) is 19.5. The van der Waals surface area contributed by atoms with Crippen molar-refractivity contribution in [2.24, 2.45) is 5.92 Å². The topological polar surface area (TPSA) is 42.9 Å². The van der Waals surface area contributed by atoms with Crippen LogP contribution in [0.5, 0.6) is 0 Å². The molecule has 0 unspecified atom stereocenters. The summed E-state index contributed by atoms with van der Waals surface area (Å²) in [6, 6.07) is 0. The van der Waals surface area contributed by atoms with Crippen LogP contribution in [0.2, 0.25) is 0 Å². The van der Waals surface area contributed by atoms with Gasteiger partial charge < -0.3 is 10.1 Å². The molecule has 22 heavy (non-hydrogen) atoms. The van der Waals surface area contributed by atoms with E-state index in [0.29, 0.717) is 12.3 Å². The molecular formula is C19H38NO2+. The summed E-state index contributed by atoms with van der Waals surface area (Å²) in [5.41, 5.74) is -0.286. The highest BCUT2D eigenvalue weighted by molar-refractivity contribution is 5.69. The summed E-state index contributed by atoms with van der Waals surface area (Å²) in [4.78, 5) is 12.0. The molecule has 0 amide bonds. The highest BCUT2D eigenvalue weighted by atomic mass is 16.6. The maximum atomic E-state index is 12.0. The van der Waals surface area contributed by atoms with Crippen LogP contribution in [-0.2, 0) is 9.53 Å². The van der Waals surface area contributed by atoms with Gasteiger partial charge in [-0.15, -0.1) is 0 Å². The Labute approximate surface area is 137 Å². The molecule has 0 saturated carbocycles. The monoisotopic (exact) mass is 312 g/mol. The molecule has 1 rings (SSSR count). The Morgan fingerprint density at radius 3 is 2.14 bits per heavy atom. The van der Waals surface area contributed by atoms with Crippen LogP contribution in [-0.4, -0.2) is 24.7 Å². The number of rotatable bonds is 11. The van der Waals surface area contributed by atoms with E-state index < -0.39 is 0 Å². The maximum Gasteiger partial charge on any atom is 0.306 e. The van der Waals surface area contributed by atoms with E-state index in [0.717, 1.165) is 19.3 Å². The molecule has 1 heterocycles. The normalized spacial score (nSPS) is 16.7. The van der Waals surface area contributed by atoms with Crippen molar-refractivity contribution in [1.29, 1.82) is 0 Å². The Kier molecular flexibility index (Phi) is 9.77. The van der Waals surface area contributed by atoms with Gasteiger partial charge in [-0.3, -0.25) is 4.79 Å². The first-order chi connectivity index (χ1) is 10.6. The van der Waals surface area contributed by atoms with Gasteiger partial charge in [0.25, 0.3) is 0 Å². The fourth-order valence-corrected chi connectivity index (χ4v) is 3.45. The lowest BCUT2D eigenvalue weighted by atomic mass is 9.83. The number of hydrogen-bond donors (Lipinski definition) is 1. The van der Waals surface area contributed by atoms with E-state index in [4.69, 9.17) is 4.74 Å². The van der Waals surface area contributed by atoms with Crippen molar-refractivity contribution in [2.75, 3.05) is 13.1 Å². The average Bonchev–Trinajstić information content (AvgIpc) is 2.50. The second kappa shape index (κ2) is 11.0. The minimum Gasteiger partial charge on any atom is -0.459 e. The molecule has 0 aromatic heterocycles. The van der Waals surface area contributed by atoms with Gasteiger partial charge in [0.1, 0.15) is 5.60 Å². The van der Waals surface area contributed by atoms with Crippen molar-refractivity contribution in [1.82, 2.24) is 0 Å². The molecule has 0 atom stereocenters. The van der Waals surface area contributed by atoms with E-state index >= 15 is 0 Å². The number of hydrogen-bond acceptors (Lipinski definition) is 2. The van der Waals surface area contributed by atoms with Gasteiger partial charge in [0.2, 0.25) is 0 Å². The summed E-state index contributed by atoms with van der Waals surface area (Å²) in [5.74, 6) is 0.533. The van der Waals surface area contributed by atoms with Crippen molar-refractivity contribution in [3.05, 3.63) is 0 Å². The smallest absolute Gasteiger partial charge is 0.306 e. The fraction of sp³-hybridized carbons (Fsp3) is 0.947. The second-order valence-electron chi connectivity index (χ2n) is 7.44. The largest absolute Gasteiger partial charge is 0.459 e. The van der Waals surface area contributed by atoms with Gasteiger partial charge in [0.05, 0.1) is 13.1 Å². The summed E-state index contributed by atoms with van der Waals surface area (Å²) in [5, 5.41) is 2.36. The summed E-state index contributed by atoms with van der Waals surface area (Å²) in [6.07, 6.45) is 13.0. The molecule has 0 aliphatic carbocycles. The van der Waals surface area contributed by atoms with Gasteiger partial charge in [-0.05, 0) is 20.3 Å². The lowest BCUT2D eigenvalue weighted by Crippen LogP contribution is -2.86. The van der Waals surface area contributed by atoms with Crippen molar-refractivity contribution >= 4 is 5.97 Å². The summed E-state index contributed by atoms with van der Waals surface area (Å²) >= 11 is 0. The minimum atomic E-state index is -0.286. The zero-order chi connectivity index (χ0) is 16.3. The van der Waals surface area contributed by atoms with E-state index in [1.54, 1.807) is 0 Å². The molecular weight excluding hydrogens is 274 g/mol. The van der Waals surface area contributed by atoms with Crippen LogP contribution >= 0.6 is 0 Å². The minimum absolute atomic E-state index is 0.00513. The Hall–Kier alpha value is -0.570.